The summed E-state index contributed by atoms with van der Waals surface area (Å²) in [5.41, 5.74) is 1.03. The van der Waals surface area contributed by atoms with Gasteiger partial charge >= 0.3 is 0 Å². The van der Waals surface area contributed by atoms with E-state index in [9.17, 15) is 9.59 Å². The first-order valence-electron chi connectivity index (χ1n) is 8.39. The fourth-order valence-electron chi connectivity index (χ4n) is 2.26. The minimum absolute atomic E-state index is 0.0737. The number of carbonyl (C=O) groups is 2. The van der Waals surface area contributed by atoms with Crippen LogP contribution in [0, 0.1) is 0 Å². The van der Waals surface area contributed by atoms with Crippen LogP contribution in [0.1, 0.15) is 51.0 Å². The summed E-state index contributed by atoms with van der Waals surface area (Å²) >= 11 is 4.17. The molecule has 1 atom stereocenters. The normalized spacial score (nSPS) is 11.7. The Morgan fingerprint density at radius 3 is 2.43 bits per heavy atom. The van der Waals surface area contributed by atoms with Crippen LogP contribution in [-0.4, -0.2) is 23.6 Å². The third-order valence-electron chi connectivity index (χ3n) is 3.65. The SMILES string of the molecule is CCCCCCCC(=O)N[C@@H](CS)C(=O)NCc1ccccc1. The Balaban J connectivity index is 2.28. The second kappa shape index (κ2) is 12.0. The highest BCUT2D eigenvalue weighted by atomic mass is 32.1. The van der Waals surface area contributed by atoms with Crippen LogP contribution in [0.2, 0.25) is 0 Å². The van der Waals surface area contributed by atoms with Crippen molar-refractivity contribution >= 4 is 24.4 Å². The number of hydrogen-bond donors (Lipinski definition) is 3. The Labute approximate surface area is 144 Å². The minimum Gasteiger partial charge on any atom is -0.350 e. The van der Waals surface area contributed by atoms with Crippen molar-refractivity contribution in [2.75, 3.05) is 5.75 Å². The van der Waals surface area contributed by atoms with Gasteiger partial charge in [-0.05, 0) is 12.0 Å². The van der Waals surface area contributed by atoms with Crippen molar-refractivity contribution < 1.29 is 9.59 Å². The van der Waals surface area contributed by atoms with Crippen molar-refractivity contribution in [2.45, 2.75) is 58.0 Å². The Kier molecular flexibility index (Phi) is 10.2. The summed E-state index contributed by atoms with van der Waals surface area (Å²) < 4.78 is 0. The molecule has 0 fully saturated rings. The average Bonchev–Trinajstić information content (AvgIpc) is 2.58. The summed E-state index contributed by atoms with van der Waals surface area (Å²) in [7, 11) is 0. The van der Waals surface area contributed by atoms with Gasteiger partial charge in [0.25, 0.3) is 0 Å². The molecule has 0 unspecified atom stereocenters. The zero-order chi connectivity index (χ0) is 16.9. The Hall–Kier alpha value is -1.49. The van der Waals surface area contributed by atoms with Crippen molar-refractivity contribution in [3.63, 3.8) is 0 Å². The smallest absolute Gasteiger partial charge is 0.243 e. The highest BCUT2D eigenvalue weighted by molar-refractivity contribution is 7.80. The average molecular weight is 337 g/mol. The van der Waals surface area contributed by atoms with Gasteiger partial charge in [0.15, 0.2) is 0 Å². The van der Waals surface area contributed by atoms with Crippen LogP contribution in [0.15, 0.2) is 30.3 Å². The van der Waals surface area contributed by atoms with Gasteiger partial charge in [-0.25, -0.2) is 0 Å². The molecule has 4 nitrogen and oxygen atoms in total. The number of amides is 2. The van der Waals surface area contributed by atoms with Crippen molar-refractivity contribution in [3.05, 3.63) is 35.9 Å². The lowest BCUT2D eigenvalue weighted by Gasteiger charge is -2.16. The molecule has 0 saturated heterocycles. The minimum atomic E-state index is -0.579. The topological polar surface area (TPSA) is 58.2 Å². The van der Waals surface area contributed by atoms with E-state index >= 15 is 0 Å². The number of hydrogen-bond acceptors (Lipinski definition) is 3. The Morgan fingerprint density at radius 2 is 1.78 bits per heavy atom. The number of unbranched alkanes of at least 4 members (excludes halogenated alkanes) is 4. The molecular formula is C18H28N2O2S. The number of nitrogens with one attached hydrogen (secondary N) is 2. The van der Waals surface area contributed by atoms with Gasteiger partial charge in [-0.2, -0.15) is 12.6 Å². The van der Waals surface area contributed by atoms with Crippen LogP contribution in [-0.2, 0) is 16.1 Å². The standard InChI is InChI=1S/C18H28N2O2S/c1-2-3-4-5-9-12-17(21)20-16(14-23)18(22)19-13-15-10-7-6-8-11-15/h6-8,10-11,16,23H,2-5,9,12-14H2,1H3,(H,19,22)(H,20,21)/t16-/m0/s1. The van der Waals surface area contributed by atoms with Crippen molar-refractivity contribution in [1.82, 2.24) is 10.6 Å². The number of rotatable bonds is 11. The van der Waals surface area contributed by atoms with E-state index in [1.54, 1.807) is 0 Å². The van der Waals surface area contributed by atoms with Gasteiger partial charge in [0.2, 0.25) is 11.8 Å². The number of carbonyl (C=O) groups excluding carboxylic acids is 2. The maximum absolute atomic E-state index is 12.1. The van der Waals surface area contributed by atoms with E-state index in [2.05, 4.69) is 30.2 Å². The molecule has 1 aromatic carbocycles. The molecule has 0 saturated carbocycles. The predicted octanol–water partition coefficient (Wildman–Crippen LogP) is 3.08. The first kappa shape index (κ1) is 19.6. The van der Waals surface area contributed by atoms with E-state index in [-0.39, 0.29) is 11.8 Å². The molecule has 23 heavy (non-hydrogen) atoms. The zero-order valence-corrected chi connectivity index (χ0v) is 14.8. The summed E-state index contributed by atoms with van der Waals surface area (Å²) in [5.74, 6) is 0.0287. The second-order valence-corrected chi connectivity index (χ2v) is 6.04. The third-order valence-corrected chi connectivity index (χ3v) is 4.02. The molecule has 2 amide bonds. The summed E-state index contributed by atoms with van der Waals surface area (Å²) in [6.07, 6.45) is 5.97. The summed E-state index contributed by atoms with van der Waals surface area (Å²) in [6.45, 7) is 2.62. The molecule has 0 aliphatic carbocycles. The largest absolute Gasteiger partial charge is 0.350 e. The zero-order valence-electron chi connectivity index (χ0n) is 13.9. The highest BCUT2D eigenvalue weighted by Crippen LogP contribution is 2.05. The van der Waals surface area contributed by atoms with E-state index in [1.807, 2.05) is 30.3 Å². The molecular weight excluding hydrogens is 308 g/mol. The fraction of sp³-hybridized carbons (Fsp3) is 0.556. The summed E-state index contributed by atoms with van der Waals surface area (Å²) in [5, 5.41) is 5.60. The van der Waals surface area contributed by atoms with Crippen LogP contribution in [0.3, 0.4) is 0 Å². The third kappa shape index (κ3) is 8.65. The molecule has 0 heterocycles. The molecule has 0 radical (unpaired) electrons. The molecule has 2 N–H and O–H groups in total. The first-order chi connectivity index (χ1) is 11.2. The van der Waals surface area contributed by atoms with Gasteiger partial charge in [0, 0.05) is 18.7 Å². The van der Waals surface area contributed by atoms with Crippen LogP contribution in [0.4, 0.5) is 0 Å². The molecule has 1 aromatic rings. The van der Waals surface area contributed by atoms with Gasteiger partial charge in [-0.15, -0.1) is 0 Å². The van der Waals surface area contributed by atoms with Gasteiger partial charge in [0.1, 0.15) is 6.04 Å². The Morgan fingerprint density at radius 1 is 1.09 bits per heavy atom. The molecule has 1 rings (SSSR count). The molecule has 0 bridgehead atoms. The lowest BCUT2D eigenvalue weighted by atomic mass is 10.1. The number of benzene rings is 1. The molecule has 5 heteroatoms. The molecule has 0 aliphatic rings. The van der Waals surface area contributed by atoms with Crippen LogP contribution in [0.25, 0.3) is 0 Å². The predicted molar refractivity (Wildman–Crippen MR) is 97.4 cm³/mol. The summed E-state index contributed by atoms with van der Waals surface area (Å²) in [6, 6.07) is 9.11. The Bertz CT molecular complexity index is 465. The summed E-state index contributed by atoms with van der Waals surface area (Å²) in [4.78, 5) is 24.0. The van der Waals surface area contributed by atoms with E-state index in [0.29, 0.717) is 18.7 Å². The highest BCUT2D eigenvalue weighted by Gasteiger charge is 2.18. The van der Waals surface area contributed by atoms with E-state index in [1.165, 1.54) is 12.8 Å². The lowest BCUT2D eigenvalue weighted by molar-refractivity contribution is -0.128. The van der Waals surface area contributed by atoms with E-state index < -0.39 is 6.04 Å². The molecule has 0 spiro atoms. The second-order valence-electron chi connectivity index (χ2n) is 5.67. The van der Waals surface area contributed by atoms with Crippen LogP contribution < -0.4 is 10.6 Å². The quantitative estimate of drug-likeness (QED) is 0.430. The maximum atomic E-state index is 12.1. The molecule has 128 valence electrons. The van der Waals surface area contributed by atoms with Crippen LogP contribution >= 0.6 is 12.6 Å². The van der Waals surface area contributed by atoms with E-state index in [0.717, 1.165) is 24.8 Å². The van der Waals surface area contributed by atoms with Crippen LogP contribution in [0.5, 0.6) is 0 Å². The van der Waals surface area contributed by atoms with Crippen molar-refractivity contribution in [1.29, 1.82) is 0 Å². The fourth-order valence-corrected chi connectivity index (χ4v) is 2.52. The molecule has 0 aliphatic heterocycles. The number of thiol groups is 1. The lowest BCUT2D eigenvalue weighted by Crippen LogP contribution is -2.47. The van der Waals surface area contributed by atoms with Gasteiger partial charge in [-0.3, -0.25) is 9.59 Å². The van der Waals surface area contributed by atoms with Gasteiger partial charge in [-0.1, -0.05) is 62.9 Å². The first-order valence-corrected chi connectivity index (χ1v) is 9.02. The van der Waals surface area contributed by atoms with Gasteiger partial charge in [0.05, 0.1) is 0 Å². The monoisotopic (exact) mass is 336 g/mol. The molecule has 0 aromatic heterocycles. The van der Waals surface area contributed by atoms with Crippen molar-refractivity contribution in [3.8, 4) is 0 Å². The maximum Gasteiger partial charge on any atom is 0.243 e. The van der Waals surface area contributed by atoms with Crippen molar-refractivity contribution in [2.24, 2.45) is 0 Å². The van der Waals surface area contributed by atoms with Gasteiger partial charge < -0.3 is 10.6 Å². The van der Waals surface area contributed by atoms with E-state index in [4.69, 9.17) is 0 Å².